The number of aryl methyl sites for hydroxylation is 1. The lowest BCUT2D eigenvalue weighted by molar-refractivity contribution is -0.146. The third-order valence-electron chi connectivity index (χ3n) is 3.12. The van der Waals surface area contributed by atoms with Gasteiger partial charge in [-0.15, -0.1) is 0 Å². The van der Waals surface area contributed by atoms with Gasteiger partial charge in [0.2, 0.25) is 0 Å². The van der Waals surface area contributed by atoms with E-state index in [0.29, 0.717) is 11.3 Å². The zero-order valence-corrected chi connectivity index (χ0v) is 12.4. The Morgan fingerprint density at radius 2 is 1.95 bits per heavy atom. The number of oxime groups is 1. The van der Waals surface area contributed by atoms with E-state index in [9.17, 15) is 4.79 Å². The van der Waals surface area contributed by atoms with Gasteiger partial charge >= 0.3 is 5.97 Å². The van der Waals surface area contributed by atoms with Crippen LogP contribution in [0.1, 0.15) is 16.7 Å². The summed E-state index contributed by atoms with van der Waals surface area (Å²) in [7, 11) is 0. The molecule has 0 saturated carbocycles. The van der Waals surface area contributed by atoms with Gasteiger partial charge in [0.15, 0.2) is 12.4 Å². The van der Waals surface area contributed by atoms with E-state index in [1.54, 1.807) is 30.6 Å². The van der Waals surface area contributed by atoms with Crippen LogP contribution >= 0.6 is 0 Å². The molecule has 1 aromatic carbocycles. The third-order valence-corrected chi connectivity index (χ3v) is 3.12. The number of benzene rings is 1. The maximum atomic E-state index is 11.6. The van der Waals surface area contributed by atoms with Gasteiger partial charge in [0.25, 0.3) is 0 Å². The number of amidine groups is 1. The summed E-state index contributed by atoms with van der Waals surface area (Å²) in [6, 6.07) is 8.96. The van der Waals surface area contributed by atoms with Crippen LogP contribution in [0.4, 0.5) is 0 Å². The quantitative estimate of drug-likeness (QED) is 0.394. The number of rotatable bonds is 5. The highest BCUT2D eigenvalue weighted by Crippen LogP contribution is 2.20. The van der Waals surface area contributed by atoms with Crippen molar-refractivity contribution in [2.75, 3.05) is 6.61 Å². The molecule has 0 aliphatic rings. The van der Waals surface area contributed by atoms with Crippen LogP contribution in [0.25, 0.3) is 0 Å². The van der Waals surface area contributed by atoms with Crippen molar-refractivity contribution in [2.45, 2.75) is 13.8 Å². The predicted octanol–water partition coefficient (Wildman–Crippen LogP) is 1.94. The van der Waals surface area contributed by atoms with Crippen LogP contribution in [0.3, 0.4) is 0 Å². The maximum absolute atomic E-state index is 11.6. The molecule has 22 heavy (non-hydrogen) atoms. The van der Waals surface area contributed by atoms with Crippen molar-refractivity contribution < 1.29 is 14.4 Å². The fourth-order valence-electron chi connectivity index (χ4n) is 1.72. The van der Waals surface area contributed by atoms with Crippen molar-refractivity contribution in [1.29, 1.82) is 0 Å². The highest BCUT2D eigenvalue weighted by atomic mass is 16.7. The molecule has 2 aromatic rings. The maximum Gasteiger partial charge on any atom is 0.372 e. The second-order valence-electron chi connectivity index (χ2n) is 4.66. The second kappa shape index (κ2) is 7.21. The Morgan fingerprint density at radius 3 is 2.68 bits per heavy atom. The number of pyridine rings is 1. The van der Waals surface area contributed by atoms with Gasteiger partial charge in [-0.1, -0.05) is 17.3 Å². The van der Waals surface area contributed by atoms with Gasteiger partial charge in [0.1, 0.15) is 5.75 Å². The first-order valence-corrected chi connectivity index (χ1v) is 6.70. The van der Waals surface area contributed by atoms with E-state index in [-0.39, 0.29) is 12.4 Å². The molecule has 0 fully saturated rings. The van der Waals surface area contributed by atoms with E-state index < -0.39 is 5.97 Å². The van der Waals surface area contributed by atoms with Crippen molar-refractivity contribution in [1.82, 2.24) is 4.98 Å². The van der Waals surface area contributed by atoms with Gasteiger partial charge in [-0.25, -0.2) is 4.79 Å². The molecule has 6 heteroatoms. The number of carbonyl (C=O) groups is 1. The first-order chi connectivity index (χ1) is 10.6. The van der Waals surface area contributed by atoms with Gasteiger partial charge in [0.05, 0.1) is 0 Å². The van der Waals surface area contributed by atoms with Gasteiger partial charge < -0.3 is 15.3 Å². The summed E-state index contributed by atoms with van der Waals surface area (Å²) < 4.78 is 5.42. The van der Waals surface area contributed by atoms with Gasteiger partial charge in [0, 0.05) is 18.0 Å². The normalized spacial score (nSPS) is 11.1. The first-order valence-electron chi connectivity index (χ1n) is 6.70. The molecule has 1 heterocycles. The molecular formula is C16H17N3O3. The molecule has 2 rings (SSSR count). The van der Waals surface area contributed by atoms with E-state index in [2.05, 4.69) is 10.1 Å². The van der Waals surface area contributed by atoms with Crippen molar-refractivity contribution in [3.63, 3.8) is 0 Å². The lowest BCUT2D eigenvalue weighted by atomic mass is 10.1. The molecule has 0 radical (unpaired) electrons. The van der Waals surface area contributed by atoms with Crippen molar-refractivity contribution in [2.24, 2.45) is 10.9 Å². The minimum absolute atomic E-state index is 0.0995. The number of aromatic nitrogens is 1. The standard InChI is InChI=1S/C16H17N3O3/c1-11-4-3-5-14(12(11)2)21-10-15(20)22-19-16(17)13-6-8-18-9-7-13/h3-9H,10H2,1-2H3,(H2,17,19). The average molecular weight is 299 g/mol. The van der Waals surface area contributed by atoms with E-state index >= 15 is 0 Å². The molecule has 0 amide bonds. The van der Waals surface area contributed by atoms with E-state index in [0.717, 1.165) is 11.1 Å². The molecule has 0 unspecified atom stereocenters. The Balaban J connectivity index is 1.90. The number of hydrogen-bond donors (Lipinski definition) is 1. The van der Waals surface area contributed by atoms with Crippen LogP contribution in [0.15, 0.2) is 47.9 Å². The molecule has 0 bridgehead atoms. The molecule has 1 aromatic heterocycles. The summed E-state index contributed by atoms with van der Waals surface area (Å²) in [6.45, 7) is 3.66. The summed E-state index contributed by atoms with van der Waals surface area (Å²) >= 11 is 0. The Morgan fingerprint density at radius 1 is 1.23 bits per heavy atom. The number of nitrogens with two attached hydrogens (primary N) is 1. The Kier molecular flexibility index (Phi) is 5.08. The molecule has 6 nitrogen and oxygen atoms in total. The van der Waals surface area contributed by atoms with Crippen LogP contribution in [0.2, 0.25) is 0 Å². The van der Waals surface area contributed by atoms with Crippen LogP contribution in [0.5, 0.6) is 5.75 Å². The smallest absolute Gasteiger partial charge is 0.372 e. The van der Waals surface area contributed by atoms with E-state index in [1.165, 1.54) is 0 Å². The Hall–Kier alpha value is -2.89. The molecule has 114 valence electrons. The van der Waals surface area contributed by atoms with Gasteiger partial charge in [-0.05, 0) is 43.2 Å². The Bertz CT molecular complexity index is 684. The van der Waals surface area contributed by atoms with Crippen LogP contribution in [-0.4, -0.2) is 23.4 Å². The minimum Gasteiger partial charge on any atom is -0.482 e. The molecule has 0 aliphatic heterocycles. The fourth-order valence-corrected chi connectivity index (χ4v) is 1.72. The van der Waals surface area contributed by atoms with Gasteiger partial charge in [-0.3, -0.25) is 4.98 Å². The fraction of sp³-hybridized carbons (Fsp3) is 0.188. The summed E-state index contributed by atoms with van der Waals surface area (Å²) in [4.78, 5) is 20.2. The molecule has 0 aliphatic carbocycles. The summed E-state index contributed by atoms with van der Waals surface area (Å²) in [5, 5.41) is 3.58. The number of hydrogen-bond acceptors (Lipinski definition) is 5. The second-order valence-corrected chi connectivity index (χ2v) is 4.66. The average Bonchev–Trinajstić information content (AvgIpc) is 2.54. The molecule has 0 saturated heterocycles. The number of carbonyl (C=O) groups excluding carboxylic acids is 1. The lowest BCUT2D eigenvalue weighted by Gasteiger charge is -2.09. The van der Waals surface area contributed by atoms with Crippen LogP contribution in [-0.2, 0) is 9.63 Å². The molecule has 0 atom stereocenters. The zero-order valence-electron chi connectivity index (χ0n) is 12.4. The van der Waals surface area contributed by atoms with E-state index in [4.69, 9.17) is 15.3 Å². The largest absolute Gasteiger partial charge is 0.482 e. The first kappa shape index (κ1) is 15.5. The van der Waals surface area contributed by atoms with Crippen molar-refractivity contribution >= 4 is 11.8 Å². The third kappa shape index (κ3) is 4.05. The molecular weight excluding hydrogens is 282 g/mol. The predicted molar refractivity (Wildman–Crippen MR) is 82.5 cm³/mol. The zero-order chi connectivity index (χ0) is 15.9. The monoisotopic (exact) mass is 299 g/mol. The summed E-state index contributed by atoms with van der Waals surface area (Å²) in [5.41, 5.74) is 8.39. The lowest BCUT2D eigenvalue weighted by Crippen LogP contribution is -2.18. The number of nitrogens with zero attached hydrogens (tertiary/aromatic N) is 2. The Labute approximate surface area is 128 Å². The van der Waals surface area contributed by atoms with Crippen molar-refractivity contribution in [3.8, 4) is 5.75 Å². The van der Waals surface area contributed by atoms with Crippen LogP contribution < -0.4 is 10.5 Å². The summed E-state index contributed by atoms with van der Waals surface area (Å²) in [5.74, 6) is 0.114. The highest BCUT2D eigenvalue weighted by Gasteiger charge is 2.08. The van der Waals surface area contributed by atoms with E-state index in [1.807, 2.05) is 26.0 Å². The minimum atomic E-state index is -0.627. The van der Waals surface area contributed by atoms with Crippen molar-refractivity contribution in [3.05, 3.63) is 59.4 Å². The molecule has 2 N–H and O–H groups in total. The highest BCUT2D eigenvalue weighted by molar-refractivity contribution is 5.97. The molecule has 0 spiro atoms. The summed E-state index contributed by atoms with van der Waals surface area (Å²) in [6.07, 6.45) is 3.15. The topological polar surface area (TPSA) is 86.8 Å². The number of ether oxygens (including phenoxy) is 1. The van der Waals surface area contributed by atoms with Gasteiger partial charge in [-0.2, -0.15) is 0 Å². The SMILES string of the molecule is Cc1cccc(OCC(=O)O/N=C(/N)c2ccncc2)c1C. The van der Waals surface area contributed by atoms with Crippen LogP contribution in [0, 0.1) is 13.8 Å².